The summed E-state index contributed by atoms with van der Waals surface area (Å²) in [6, 6.07) is 5.24. The van der Waals surface area contributed by atoms with Gasteiger partial charge in [-0.1, -0.05) is 5.16 Å². The van der Waals surface area contributed by atoms with Crippen LogP contribution in [0.25, 0.3) is 11.5 Å². The van der Waals surface area contributed by atoms with Crippen LogP contribution in [0.1, 0.15) is 17.4 Å². The highest BCUT2D eigenvalue weighted by Gasteiger charge is 2.15. The highest BCUT2D eigenvalue weighted by atomic mass is 35.5. The van der Waals surface area contributed by atoms with E-state index in [1.165, 1.54) is 6.26 Å². The van der Waals surface area contributed by atoms with E-state index < -0.39 is 0 Å². The van der Waals surface area contributed by atoms with E-state index in [1.807, 2.05) is 14.0 Å². The summed E-state index contributed by atoms with van der Waals surface area (Å²) in [7, 11) is 1.84. The lowest BCUT2D eigenvalue weighted by atomic mass is 10.3. The van der Waals surface area contributed by atoms with Gasteiger partial charge in [-0.05, 0) is 26.1 Å². The number of nitrogens with one attached hydrogen (secondary N) is 2. The molecule has 0 aromatic carbocycles. The average Bonchev–Trinajstić information content (AvgIpc) is 3.04. The van der Waals surface area contributed by atoms with E-state index in [4.69, 9.17) is 8.94 Å². The summed E-state index contributed by atoms with van der Waals surface area (Å²) in [6.07, 6.45) is 1.53. The van der Waals surface area contributed by atoms with E-state index in [2.05, 4.69) is 15.8 Å². The molecule has 19 heavy (non-hydrogen) atoms. The molecule has 104 valence electrons. The molecule has 0 saturated carbocycles. The Morgan fingerprint density at radius 1 is 1.47 bits per heavy atom. The van der Waals surface area contributed by atoms with Gasteiger partial charge in [0.15, 0.2) is 11.5 Å². The number of halogens is 1. The molecule has 0 radical (unpaired) electrons. The van der Waals surface area contributed by atoms with Gasteiger partial charge in [0.05, 0.1) is 6.26 Å². The minimum atomic E-state index is -0.265. The summed E-state index contributed by atoms with van der Waals surface area (Å²) >= 11 is 0. The second kappa shape index (κ2) is 6.96. The zero-order valence-electron chi connectivity index (χ0n) is 10.7. The van der Waals surface area contributed by atoms with Gasteiger partial charge in [-0.2, -0.15) is 0 Å². The maximum absolute atomic E-state index is 11.8. The van der Waals surface area contributed by atoms with E-state index in [-0.39, 0.29) is 30.0 Å². The third-order valence-electron chi connectivity index (χ3n) is 2.57. The number of furan rings is 1. The molecule has 1 atom stereocenters. The van der Waals surface area contributed by atoms with Crippen LogP contribution in [-0.4, -0.2) is 30.7 Å². The van der Waals surface area contributed by atoms with Crippen LogP contribution in [-0.2, 0) is 0 Å². The lowest BCUT2D eigenvalue weighted by Crippen LogP contribution is -2.37. The van der Waals surface area contributed by atoms with Crippen molar-refractivity contribution < 1.29 is 13.7 Å². The summed E-state index contributed by atoms with van der Waals surface area (Å²) < 4.78 is 10.2. The molecule has 1 amide bonds. The smallest absolute Gasteiger partial charge is 0.273 e. The Balaban J connectivity index is 0.00000180. The Labute approximate surface area is 116 Å². The topological polar surface area (TPSA) is 80.3 Å². The second-order valence-electron chi connectivity index (χ2n) is 3.95. The summed E-state index contributed by atoms with van der Waals surface area (Å²) in [4.78, 5) is 11.8. The number of aromatic nitrogens is 1. The number of nitrogens with zero attached hydrogens (tertiary/aromatic N) is 1. The van der Waals surface area contributed by atoms with Crippen molar-refractivity contribution in [2.45, 2.75) is 13.0 Å². The monoisotopic (exact) mass is 285 g/mol. The number of hydrogen-bond donors (Lipinski definition) is 2. The standard InChI is InChI=1S/C12H15N3O3.ClH/c1-8(13-2)7-14-12(16)9-6-11(18-15-9)10-4-3-5-17-10;/h3-6,8,13H,7H2,1-2H3,(H,14,16);1H. The van der Waals surface area contributed by atoms with Gasteiger partial charge < -0.3 is 19.6 Å². The molecule has 0 saturated heterocycles. The van der Waals surface area contributed by atoms with Gasteiger partial charge in [0.25, 0.3) is 5.91 Å². The molecule has 2 rings (SSSR count). The van der Waals surface area contributed by atoms with Gasteiger partial charge in [-0.25, -0.2) is 0 Å². The first kappa shape index (κ1) is 15.3. The number of likely N-dealkylation sites (N-methyl/N-ethyl adjacent to an activating group) is 1. The van der Waals surface area contributed by atoms with Crippen molar-refractivity contribution in [2.24, 2.45) is 0 Å². The molecule has 2 heterocycles. The van der Waals surface area contributed by atoms with Gasteiger partial charge in [0, 0.05) is 18.7 Å². The summed E-state index contributed by atoms with van der Waals surface area (Å²) in [5.41, 5.74) is 0.240. The molecule has 2 aromatic rings. The summed E-state index contributed by atoms with van der Waals surface area (Å²) in [5, 5.41) is 9.49. The Bertz CT molecular complexity index is 510. The van der Waals surface area contributed by atoms with Crippen molar-refractivity contribution in [3.63, 3.8) is 0 Å². The molecule has 0 aliphatic rings. The van der Waals surface area contributed by atoms with Crippen LogP contribution < -0.4 is 10.6 Å². The minimum Gasteiger partial charge on any atom is -0.461 e. The molecule has 0 bridgehead atoms. The summed E-state index contributed by atoms with van der Waals surface area (Å²) in [6.45, 7) is 2.50. The van der Waals surface area contributed by atoms with Gasteiger partial charge in [-0.15, -0.1) is 12.4 Å². The molecular weight excluding hydrogens is 270 g/mol. The predicted molar refractivity (Wildman–Crippen MR) is 72.3 cm³/mol. The molecule has 2 aromatic heterocycles. The van der Waals surface area contributed by atoms with E-state index in [0.29, 0.717) is 18.1 Å². The van der Waals surface area contributed by atoms with Crippen molar-refractivity contribution in [1.82, 2.24) is 15.8 Å². The Kier molecular flexibility index (Phi) is 5.59. The molecule has 6 nitrogen and oxygen atoms in total. The second-order valence-corrected chi connectivity index (χ2v) is 3.95. The quantitative estimate of drug-likeness (QED) is 0.874. The number of hydrogen-bond acceptors (Lipinski definition) is 5. The van der Waals surface area contributed by atoms with E-state index in [0.717, 1.165) is 0 Å². The fraction of sp³-hybridized carbons (Fsp3) is 0.333. The Hall–Kier alpha value is -1.79. The van der Waals surface area contributed by atoms with E-state index in [9.17, 15) is 4.79 Å². The molecule has 1 unspecified atom stereocenters. The average molecular weight is 286 g/mol. The Morgan fingerprint density at radius 2 is 2.26 bits per heavy atom. The van der Waals surface area contributed by atoms with Crippen LogP contribution in [0.15, 0.2) is 33.4 Å². The predicted octanol–water partition coefficient (Wildman–Crippen LogP) is 1.69. The molecule has 0 aliphatic heterocycles. The van der Waals surface area contributed by atoms with Gasteiger partial charge >= 0.3 is 0 Å². The molecule has 2 N–H and O–H groups in total. The maximum atomic E-state index is 11.8. The molecule has 0 aliphatic carbocycles. The lowest BCUT2D eigenvalue weighted by Gasteiger charge is -2.09. The van der Waals surface area contributed by atoms with Crippen molar-refractivity contribution in [3.05, 3.63) is 30.2 Å². The highest BCUT2D eigenvalue weighted by molar-refractivity contribution is 5.92. The maximum Gasteiger partial charge on any atom is 0.273 e. The van der Waals surface area contributed by atoms with Gasteiger partial charge in [-0.3, -0.25) is 4.79 Å². The first-order chi connectivity index (χ1) is 8.70. The van der Waals surface area contributed by atoms with Crippen LogP contribution in [0, 0.1) is 0 Å². The van der Waals surface area contributed by atoms with Gasteiger partial charge in [0.2, 0.25) is 5.76 Å². The third kappa shape index (κ3) is 3.84. The number of carbonyl (C=O) groups excluding carboxylic acids is 1. The molecule has 0 fully saturated rings. The third-order valence-corrected chi connectivity index (χ3v) is 2.57. The molecular formula is C12H16ClN3O3. The normalized spacial score (nSPS) is 11.7. The number of amides is 1. The number of carbonyl (C=O) groups is 1. The number of rotatable bonds is 5. The van der Waals surface area contributed by atoms with Crippen LogP contribution in [0.4, 0.5) is 0 Å². The van der Waals surface area contributed by atoms with E-state index in [1.54, 1.807) is 18.2 Å². The largest absolute Gasteiger partial charge is 0.461 e. The molecule has 0 spiro atoms. The zero-order valence-corrected chi connectivity index (χ0v) is 11.5. The highest BCUT2D eigenvalue weighted by Crippen LogP contribution is 2.20. The zero-order chi connectivity index (χ0) is 13.0. The van der Waals surface area contributed by atoms with Crippen LogP contribution in [0.3, 0.4) is 0 Å². The molecule has 7 heteroatoms. The first-order valence-electron chi connectivity index (χ1n) is 5.66. The lowest BCUT2D eigenvalue weighted by molar-refractivity contribution is 0.0941. The summed E-state index contributed by atoms with van der Waals surface area (Å²) in [5.74, 6) is 0.718. The van der Waals surface area contributed by atoms with Crippen LogP contribution in [0.5, 0.6) is 0 Å². The van der Waals surface area contributed by atoms with Crippen molar-refractivity contribution in [1.29, 1.82) is 0 Å². The first-order valence-corrected chi connectivity index (χ1v) is 5.66. The van der Waals surface area contributed by atoms with Crippen molar-refractivity contribution in [3.8, 4) is 11.5 Å². The van der Waals surface area contributed by atoms with Gasteiger partial charge in [0.1, 0.15) is 0 Å². The SMILES string of the molecule is CNC(C)CNC(=O)c1cc(-c2ccco2)on1.Cl. The fourth-order valence-electron chi connectivity index (χ4n) is 1.36. The van der Waals surface area contributed by atoms with Crippen molar-refractivity contribution in [2.75, 3.05) is 13.6 Å². The van der Waals surface area contributed by atoms with Crippen LogP contribution >= 0.6 is 12.4 Å². The minimum absolute atomic E-state index is 0. The fourth-order valence-corrected chi connectivity index (χ4v) is 1.36. The Morgan fingerprint density at radius 3 is 2.89 bits per heavy atom. The van der Waals surface area contributed by atoms with Crippen LogP contribution in [0.2, 0.25) is 0 Å². The van der Waals surface area contributed by atoms with E-state index >= 15 is 0 Å². The van der Waals surface area contributed by atoms with Crippen molar-refractivity contribution >= 4 is 18.3 Å².